The molecule has 0 unspecified atom stereocenters. The van der Waals surface area contributed by atoms with Crippen LogP contribution in [-0.2, 0) is 10.0 Å². The molecule has 0 saturated heterocycles. The number of halogens is 1. The van der Waals surface area contributed by atoms with Crippen molar-refractivity contribution in [2.24, 2.45) is 5.14 Å². The first-order chi connectivity index (χ1) is 8.29. The number of sulfonamides is 1. The largest absolute Gasteiger partial charge is 0.399 e. The van der Waals surface area contributed by atoms with E-state index in [0.717, 1.165) is 0 Å². The summed E-state index contributed by atoms with van der Waals surface area (Å²) in [6.07, 6.45) is 3.00. The van der Waals surface area contributed by atoms with Gasteiger partial charge in [0.1, 0.15) is 0 Å². The average Bonchev–Trinajstić information content (AvgIpc) is 2.66. The zero-order chi connectivity index (χ0) is 13.5. The summed E-state index contributed by atoms with van der Waals surface area (Å²) in [7, 11) is -3.83. The van der Waals surface area contributed by atoms with Crippen molar-refractivity contribution >= 4 is 27.3 Å². The fourth-order valence-corrected chi connectivity index (χ4v) is 2.63. The molecule has 0 spiro atoms. The highest BCUT2D eigenvalue weighted by molar-refractivity contribution is 7.89. The zero-order valence-corrected chi connectivity index (χ0v) is 11.0. The molecule has 0 aliphatic rings. The summed E-state index contributed by atoms with van der Waals surface area (Å²) >= 11 is 5.77. The molecule has 0 saturated carbocycles. The van der Waals surface area contributed by atoms with Crippen molar-refractivity contribution in [1.29, 1.82) is 0 Å². The molecule has 0 aliphatic heterocycles. The Bertz CT molecular complexity index is 709. The van der Waals surface area contributed by atoms with E-state index < -0.39 is 10.0 Å². The molecule has 2 rings (SSSR count). The van der Waals surface area contributed by atoms with Gasteiger partial charge in [-0.3, -0.25) is 0 Å². The standard InChI is InChI=1S/C10H11ClN4O2S/c1-6-9(15-5-7(11)4-14-15)2-8(12)3-10(6)18(13,16)17/h2-5H,12H2,1H3,(H2,13,16,17). The molecule has 0 amide bonds. The topological polar surface area (TPSA) is 104 Å². The van der Waals surface area contributed by atoms with Crippen LogP contribution in [0.3, 0.4) is 0 Å². The highest BCUT2D eigenvalue weighted by Crippen LogP contribution is 2.25. The fourth-order valence-electron chi connectivity index (χ4n) is 1.66. The molecule has 0 bridgehead atoms. The molecule has 0 atom stereocenters. The van der Waals surface area contributed by atoms with Crippen molar-refractivity contribution in [2.45, 2.75) is 11.8 Å². The summed E-state index contributed by atoms with van der Waals surface area (Å²) in [5.74, 6) is 0. The number of rotatable bonds is 2. The highest BCUT2D eigenvalue weighted by atomic mass is 35.5. The lowest BCUT2D eigenvalue weighted by molar-refractivity contribution is 0.597. The number of hydrogen-bond acceptors (Lipinski definition) is 4. The van der Waals surface area contributed by atoms with Crippen molar-refractivity contribution < 1.29 is 8.42 Å². The first kappa shape index (κ1) is 12.9. The zero-order valence-electron chi connectivity index (χ0n) is 9.46. The number of aromatic nitrogens is 2. The molecule has 0 radical (unpaired) electrons. The second-order valence-corrected chi connectivity index (χ2v) is 5.78. The van der Waals surface area contributed by atoms with Crippen molar-refractivity contribution in [3.8, 4) is 5.69 Å². The van der Waals surface area contributed by atoms with E-state index >= 15 is 0 Å². The number of anilines is 1. The predicted octanol–water partition coefficient (Wildman–Crippen LogP) is 1.06. The van der Waals surface area contributed by atoms with Crippen LogP contribution in [0.15, 0.2) is 29.4 Å². The maximum Gasteiger partial charge on any atom is 0.238 e. The Morgan fingerprint density at radius 2 is 2.06 bits per heavy atom. The monoisotopic (exact) mass is 286 g/mol. The Morgan fingerprint density at radius 1 is 1.39 bits per heavy atom. The van der Waals surface area contributed by atoms with Gasteiger partial charge in [0.2, 0.25) is 10.0 Å². The third kappa shape index (κ3) is 2.33. The summed E-state index contributed by atoms with van der Waals surface area (Å²) in [4.78, 5) is -0.0240. The van der Waals surface area contributed by atoms with Crippen LogP contribution in [0.2, 0.25) is 5.02 Å². The third-order valence-corrected chi connectivity index (χ3v) is 3.69. The van der Waals surface area contributed by atoms with Crippen molar-refractivity contribution in [3.63, 3.8) is 0 Å². The summed E-state index contributed by atoms with van der Waals surface area (Å²) in [6, 6.07) is 2.92. The van der Waals surface area contributed by atoms with Crippen LogP contribution in [0.25, 0.3) is 5.69 Å². The van der Waals surface area contributed by atoms with Crippen molar-refractivity contribution in [3.05, 3.63) is 35.1 Å². The summed E-state index contributed by atoms with van der Waals surface area (Å²) in [5.41, 5.74) is 6.94. The summed E-state index contributed by atoms with van der Waals surface area (Å²) < 4.78 is 24.4. The Morgan fingerprint density at radius 3 is 2.56 bits per heavy atom. The summed E-state index contributed by atoms with van der Waals surface area (Å²) in [6.45, 7) is 1.63. The van der Waals surface area contributed by atoms with E-state index in [1.54, 1.807) is 19.2 Å². The Hall–Kier alpha value is -1.57. The Labute approximate surface area is 109 Å². The van der Waals surface area contributed by atoms with Gasteiger partial charge in [-0.25, -0.2) is 18.2 Å². The molecule has 1 heterocycles. The van der Waals surface area contributed by atoms with E-state index in [9.17, 15) is 8.42 Å². The van der Waals surface area contributed by atoms with Gasteiger partial charge in [-0.15, -0.1) is 0 Å². The number of nitrogen functional groups attached to an aromatic ring is 1. The molecular weight excluding hydrogens is 276 g/mol. The van der Waals surface area contributed by atoms with Crippen molar-refractivity contribution in [1.82, 2.24) is 9.78 Å². The van der Waals surface area contributed by atoms with Crippen LogP contribution >= 0.6 is 11.6 Å². The van der Waals surface area contributed by atoms with Gasteiger partial charge >= 0.3 is 0 Å². The average molecular weight is 287 g/mol. The SMILES string of the molecule is Cc1c(-n2cc(Cl)cn2)cc(N)cc1S(N)(=O)=O. The molecule has 96 valence electrons. The minimum atomic E-state index is -3.83. The van der Waals surface area contributed by atoms with Gasteiger partial charge in [-0.2, -0.15) is 5.10 Å². The van der Waals surface area contributed by atoms with Gasteiger partial charge < -0.3 is 5.73 Å². The number of primary sulfonamides is 1. The van der Waals surface area contributed by atoms with Gasteiger partial charge in [0.05, 0.1) is 21.8 Å². The third-order valence-electron chi connectivity index (χ3n) is 2.46. The Balaban J connectivity index is 2.74. The lowest BCUT2D eigenvalue weighted by Gasteiger charge is -2.11. The normalized spacial score (nSPS) is 11.7. The van der Waals surface area contributed by atoms with Crippen LogP contribution < -0.4 is 10.9 Å². The molecular formula is C10H11ClN4O2S. The number of nitrogens with zero attached hydrogens (tertiary/aromatic N) is 2. The molecule has 1 aromatic carbocycles. The van der Waals surface area contributed by atoms with Crippen LogP contribution in [0.1, 0.15) is 5.56 Å². The van der Waals surface area contributed by atoms with Gasteiger partial charge in [0, 0.05) is 11.9 Å². The molecule has 2 aromatic rings. The maximum atomic E-state index is 11.5. The van der Waals surface area contributed by atoms with Gasteiger partial charge in [-0.1, -0.05) is 11.6 Å². The molecule has 4 N–H and O–H groups in total. The van der Waals surface area contributed by atoms with Crippen molar-refractivity contribution in [2.75, 3.05) is 5.73 Å². The molecule has 0 fully saturated rings. The second kappa shape index (κ2) is 4.27. The molecule has 8 heteroatoms. The molecule has 6 nitrogen and oxygen atoms in total. The van der Waals surface area contributed by atoms with Crippen LogP contribution in [0.5, 0.6) is 0 Å². The van der Waals surface area contributed by atoms with E-state index in [-0.39, 0.29) is 10.6 Å². The Kier molecular flexibility index (Phi) is 3.05. The van der Waals surface area contributed by atoms with E-state index in [0.29, 0.717) is 16.3 Å². The molecule has 1 aromatic heterocycles. The van der Waals surface area contributed by atoms with Gasteiger partial charge in [-0.05, 0) is 24.6 Å². The second-order valence-electron chi connectivity index (χ2n) is 3.81. The predicted molar refractivity (Wildman–Crippen MR) is 69.1 cm³/mol. The maximum absolute atomic E-state index is 11.5. The van der Waals surface area contributed by atoms with Crippen LogP contribution in [0.4, 0.5) is 5.69 Å². The first-order valence-electron chi connectivity index (χ1n) is 4.92. The minimum Gasteiger partial charge on any atom is -0.399 e. The summed E-state index contributed by atoms with van der Waals surface area (Å²) in [5, 5.41) is 9.58. The smallest absolute Gasteiger partial charge is 0.238 e. The number of benzene rings is 1. The minimum absolute atomic E-state index is 0.0240. The number of nitrogens with two attached hydrogens (primary N) is 2. The van der Waals surface area contributed by atoms with E-state index in [4.69, 9.17) is 22.5 Å². The highest BCUT2D eigenvalue weighted by Gasteiger charge is 2.16. The lowest BCUT2D eigenvalue weighted by atomic mass is 10.2. The van der Waals surface area contributed by atoms with Crippen LogP contribution in [-0.4, -0.2) is 18.2 Å². The van der Waals surface area contributed by atoms with Gasteiger partial charge in [0.25, 0.3) is 0 Å². The molecule has 0 aliphatic carbocycles. The van der Waals surface area contributed by atoms with Gasteiger partial charge in [0.15, 0.2) is 0 Å². The van der Waals surface area contributed by atoms with Crippen LogP contribution in [0, 0.1) is 6.92 Å². The number of hydrogen-bond donors (Lipinski definition) is 2. The lowest BCUT2D eigenvalue weighted by Crippen LogP contribution is -2.15. The first-order valence-corrected chi connectivity index (χ1v) is 6.85. The molecule has 18 heavy (non-hydrogen) atoms. The van der Waals surface area contributed by atoms with E-state index in [1.165, 1.54) is 16.9 Å². The van der Waals surface area contributed by atoms with E-state index in [1.807, 2.05) is 0 Å². The van der Waals surface area contributed by atoms with E-state index in [2.05, 4.69) is 5.10 Å². The quantitative estimate of drug-likeness (QED) is 0.806. The fraction of sp³-hybridized carbons (Fsp3) is 0.100.